The van der Waals surface area contributed by atoms with Gasteiger partial charge in [-0.05, 0) is 47.8 Å². The second kappa shape index (κ2) is 6.82. The largest absolute Gasteiger partial charge is 0.126 e. The predicted octanol–water partition coefficient (Wildman–Crippen LogP) is 5.84. The first-order valence-corrected chi connectivity index (χ1v) is 7.73. The van der Waals surface area contributed by atoms with E-state index in [2.05, 4.69) is 45.9 Å². The Balaban J connectivity index is 2.98. The van der Waals surface area contributed by atoms with Gasteiger partial charge in [-0.25, -0.2) is 0 Å². The summed E-state index contributed by atoms with van der Waals surface area (Å²) in [5.41, 5.74) is 2.79. The van der Waals surface area contributed by atoms with Gasteiger partial charge in [-0.1, -0.05) is 51.4 Å². The molecule has 1 rings (SSSR count). The van der Waals surface area contributed by atoms with E-state index in [1.807, 2.05) is 0 Å². The lowest BCUT2D eigenvalue weighted by Crippen LogP contribution is -2.19. The van der Waals surface area contributed by atoms with Gasteiger partial charge < -0.3 is 0 Å². The Morgan fingerprint density at radius 1 is 1.22 bits per heavy atom. The van der Waals surface area contributed by atoms with Crippen molar-refractivity contribution >= 4 is 23.2 Å². The molecule has 0 bridgehead atoms. The van der Waals surface area contributed by atoms with Crippen LogP contribution in [-0.2, 0) is 11.8 Å². The first-order chi connectivity index (χ1) is 8.46. The number of benzene rings is 1. The Morgan fingerprint density at radius 3 is 2.28 bits per heavy atom. The van der Waals surface area contributed by atoms with Crippen molar-refractivity contribution in [1.82, 2.24) is 0 Å². The molecule has 0 nitrogen and oxygen atoms in total. The second-order valence-corrected chi connectivity index (χ2v) is 6.25. The molecule has 0 aliphatic rings. The maximum Gasteiger partial charge on any atom is 0.0441 e. The zero-order valence-corrected chi connectivity index (χ0v) is 13.4. The van der Waals surface area contributed by atoms with E-state index in [1.165, 1.54) is 11.1 Å². The highest BCUT2D eigenvalue weighted by atomic mass is 35.5. The van der Waals surface area contributed by atoms with Gasteiger partial charge in [0.1, 0.15) is 0 Å². The summed E-state index contributed by atoms with van der Waals surface area (Å²) in [6, 6.07) is 6.55. The third-order valence-electron chi connectivity index (χ3n) is 4.14. The van der Waals surface area contributed by atoms with Crippen molar-refractivity contribution in [2.45, 2.75) is 52.4 Å². The van der Waals surface area contributed by atoms with Crippen LogP contribution in [0, 0.1) is 5.92 Å². The molecule has 1 aromatic rings. The second-order valence-electron chi connectivity index (χ2n) is 5.54. The van der Waals surface area contributed by atoms with E-state index in [-0.39, 0.29) is 5.41 Å². The van der Waals surface area contributed by atoms with Crippen LogP contribution in [-0.4, -0.2) is 5.88 Å². The lowest BCUT2D eigenvalue weighted by molar-refractivity contribution is 0.439. The lowest BCUT2D eigenvalue weighted by Gasteiger charge is -2.28. The van der Waals surface area contributed by atoms with Gasteiger partial charge in [0.25, 0.3) is 0 Å². The maximum absolute atomic E-state index is 6.41. The van der Waals surface area contributed by atoms with Gasteiger partial charge in [-0.15, -0.1) is 11.6 Å². The summed E-state index contributed by atoms with van der Waals surface area (Å²) in [5.74, 6) is 1.15. The van der Waals surface area contributed by atoms with Crippen LogP contribution in [0.4, 0.5) is 0 Å². The lowest BCUT2D eigenvalue weighted by atomic mass is 9.77. The van der Waals surface area contributed by atoms with Crippen molar-refractivity contribution in [3.05, 3.63) is 34.3 Å². The standard InChI is InChI=1S/C16H24Cl2/c1-5-16(4,6-2)14-8-7-13(15(18)10-14)9-12(3)11-17/h7-8,10,12H,5-6,9,11H2,1-4H3. The van der Waals surface area contributed by atoms with Gasteiger partial charge in [0.2, 0.25) is 0 Å². The van der Waals surface area contributed by atoms with Gasteiger partial charge in [-0.3, -0.25) is 0 Å². The van der Waals surface area contributed by atoms with Gasteiger partial charge >= 0.3 is 0 Å². The number of rotatable bonds is 6. The van der Waals surface area contributed by atoms with Crippen LogP contribution in [0.5, 0.6) is 0 Å². The monoisotopic (exact) mass is 286 g/mol. The van der Waals surface area contributed by atoms with Crippen molar-refractivity contribution in [3.63, 3.8) is 0 Å². The van der Waals surface area contributed by atoms with Crippen LogP contribution in [0.25, 0.3) is 0 Å². The van der Waals surface area contributed by atoms with Crippen LogP contribution < -0.4 is 0 Å². The molecule has 1 atom stereocenters. The van der Waals surface area contributed by atoms with E-state index in [1.54, 1.807) is 0 Å². The van der Waals surface area contributed by atoms with E-state index < -0.39 is 0 Å². The van der Waals surface area contributed by atoms with E-state index in [0.29, 0.717) is 11.8 Å². The number of alkyl halides is 1. The number of halogens is 2. The normalized spacial score (nSPS) is 13.7. The van der Waals surface area contributed by atoms with Crippen LogP contribution in [0.15, 0.2) is 18.2 Å². The highest BCUT2D eigenvalue weighted by molar-refractivity contribution is 6.31. The molecular weight excluding hydrogens is 263 g/mol. The molecule has 0 N–H and O–H groups in total. The summed E-state index contributed by atoms with van der Waals surface area (Å²) in [6.07, 6.45) is 3.23. The molecule has 0 aromatic heterocycles. The molecular formula is C16H24Cl2. The molecule has 0 aliphatic heterocycles. The quantitative estimate of drug-likeness (QED) is 0.577. The minimum absolute atomic E-state index is 0.236. The Morgan fingerprint density at radius 2 is 1.83 bits per heavy atom. The highest BCUT2D eigenvalue weighted by Gasteiger charge is 2.22. The zero-order valence-electron chi connectivity index (χ0n) is 11.9. The van der Waals surface area contributed by atoms with Crippen molar-refractivity contribution in [1.29, 1.82) is 0 Å². The van der Waals surface area contributed by atoms with E-state index in [4.69, 9.17) is 23.2 Å². The Hall–Kier alpha value is -0.200. The van der Waals surface area contributed by atoms with E-state index >= 15 is 0 Å². The minimum atomic E-state index is 0.236. The van der Waals surface area contributed by atoms with Crippen LogP contribution in [0.3, 0.4) is 0 Å². The van der Waals surface area contributed by atoms with Gasteiger partial charge in [0, 0.05) is 10.9 Å². The molecule has 0 fully saturated rings. The molecule has 1 aromatic carbocycles. The fraction of sp³-hybridized carbons (Fsp3) is 0.625. The van der Waals surface area contributed by atoms with Crippen LogP contribution in [0.2, 0.25) is 5.02 Å². The SMILES string of the molecule is CCC(C)(CC)c1ccc(CC(C)CCl)c(Cl)c1. The van der Waals surface area contributed by atoms with Crippen molar-refractivity contribution in [3.8, 4) is 0 Å². The fourth-order valence-corrected chi connectivity index (χ4v) is 2.54. The first-order valence-electron chi connectivity index (χ1n) is 6.81. The summed E-state index contributed by atoms with van der Waals surface area (Å²) in [6.45, 7) is 8.93. The number of hydrogen-bond acceptors (Lipinski definition) is 0. The third-order valence-corrected chi connectivity index (χ3v) is 5.02. The van der Waals surface area contributed by atoms with Crippen molar-refractivity contribution in [2.24, 2.45) is 5.92 Å². The topological polar surface area (TPSA) is 0 Å². The smallest absolute Gasteiger partial charge is 0.0441 e. The molecule has 1 unspecified atom stereocenters. The van der Waals surface area contributed by atoms with Gasteiger partial charge in [0.15, 0.2) is 0 Å². The Kier molecular flexibility index (Phi) is 6.01. The summed E-state index contributed by atoms with van der Waals surface area (Å²) in [4.78, 5) is 0. The van der Waals surface area contributed by atoms with Crippen molar-refractivity contribution < 1.29 is 0 Å². The molecule has 0 saturated heterocycles. The van der Waals surface area contributed by atoms with Gasteiger partial charge in [0.05, 0.1) is 0 Å². The average Bonchev–Trinajstić information content (AvgIpc) is 2.39. The summed E-state index contributed by atoms with van der Waals surface area (Å²) < 4.78 is 0. The molecule has 2 heteroatoms. The number of hydrogen-bond donors (Lipinski definition) is 0. The van der Waals surface area contributed by atoms with Crippen LogP contribution in [0.1, 0.15) is 51.7 Å². The molecule has 18 heavy (non-hydrogen) atoms. The molecule has 0 amide bonds. The highest BCUT2D eigenvalue weighted by Crippen LogP contribution is 2.33. The van der Waals surface area contributed by atoms with Crippen LogP contribution >= 0.6 is 23.2 Å². The summed E-state index contributed by atoms with van der Waals surface area (Å²) in [7, 11) is 0. The predicted molar refractivity (Wildman–Crippen MR) is 83.0 cm³/mol. The molecule has 0 spiro atoms. The van der Waals surface area contributed by atoms with E-state index in [9.17, 15) is 0 Å². The molecule has 102 valence electrons. The maximum atomic E-state index is 6.41. The first kappa shape index (κ1) is 15.9. The molecule has 0 saturated carbocycles. The third kappa shape index (κ3) is 3.65. The minimum Gasteiger partial charge on any atom is -0.126 e. The average molecular weight is 287 g/mol. The molecule has 0 radical (unpaired) electrons. The van der Waals surface area contributed by atoms with Gasteiger partial charge in [-0.2, -0.15) is 0 Å². The molecule has 0 aliphatic carbocycles. The fourth-order valence-electron chi connectivity index (χ4n) is 2.18. The Labute approximate surface area is 122 Å². The zero-order chi connectivity index (χ0) is 13.8. The molecule has 0 heterocycles. The summed E-state index contributed by atoms with van der Waals surface area (Å²) in [5, 5.41) is 0.887. The summed E-state index contributed by atoms with van der Waals surface area (Å²) >= 11 is 12.3. The van der Waals surface area contributed by atoms with Crippen molar-refractivity contribution in [2.75, 3.05) is 5.88 Å². The van der Waals surface area contributed by atoms with E-state index in [0.717, 1.165) is 24.3 Å². The Bertz CT molecular complexity index is 381.